The molecule has 0 aliphatic carbocycles. The lowest BCUT2D eigenvalue weighted by Crippen LogP contribution is -2.59. The highest BCUT2D eigenvalue weighted by Gasteiger charge is 2.47. The van der Waals surface area contributed by atoms with Crippen molar-refractivity contribution in [2.24, 2.45) is 19.5 Å². The molecule has 0 saturated carbocycles. The summed E-state index contributed by atoms with van der Waals surface area (Å²) in [4.78, 5) is 23.5. The third kappa shape index (κ3) is 19.3. The van der Waals surface area contributed by atoms with Gasteiger partial charge in [-0.1, -0.05) is 118 Å². The summed E-state index contributed by atoms with van der Waals surface area (Å²) in [6.07, 6.45) is 27.2. The summed E-state index contributed by atoms with van der Waals surface area (Å²) in [5.74, 6) is -3.84. The smallest absolute Gasteiger partial charge is 0.274 e. The highest BCUT2D eigenvalue weighted by atomic mass is 32.2. The van der Waals surface area contributed by atoms with Gasteiger partial charge < -0.3 is 19.8 Å². The summed E-state index contributed by atoms with van der Waals surface area (Å²) in [5, 5.41) is 21.0. The molecule has 0 radical (unpaired) electrons. The second-order valence-electron chi connectivity index (χ2n) is 13.0. The number of hydrogen-bond acceptors (Lipinski definition) is 6. The Balaban J connectivity index is 0.000000882. The van der Waals surface area contributed by atoms with Crippen molar-refractivity contribution in [3.05, 3.63) is 37.4 Å². The fraction of sp³-hybridized carbons (Fsp3) is 0.778. The van der Waals surface area contributed by atoms with Crippen LogP contribution in [0.4, 0.5) is 0 Å². The topological polar surface area (TPSA) is 152 Å². The number of carboxylic acid groups (broad SMARTS) is 2. The zero-order chi connectivity index (χ0) is 36.4. The standard InChI is InChI=1S/C20H38O7S.2C8H15N2/c1-3-5-7-9-11-13-15-20(19(23)24,16-14-12-10-8-6-4-2)17(18(21)22)28(25,26)27;2*1-3-4-5-10-7-6-9(2)8-10/h17H,3-16H2,1-2H3,(H,21,22)(H,23,24)(H,25,26,27);2*6-8H,3-5H2,1-2H3/q;2*+1/p-2. The van der Waals surface area contributed by atoms with Crippen LogP contribution in [0, 0.1) is 5.41 Å². The van der Waals surface area contributed by atoms with Crippen molar-refractivity contribution in [1.82, 2.24) is 9.13 Å². The molecule has 0 aromatic carbocycles. The highest BCUT2D eigenvalue weighted by Crippen LogP contribution is 2.38. The zero-order valence-electron chi connectivity index (χ0n) is 30.8. The van der Waals surface area contributed by atoms with E-state index in [1.165, 1.54) is 25.7 Å². The van der Waals surface area contributed by atoms with E-state index in [1.807, 2.05) is 14.1 Å². The van der Waals surface area contributed by atoms with Gasteiger partial charge >= 0.3 is 0 Å². The van der Waals surface area contributed by atoms with Gasteiger partial charge in [0, 0.05) is 11.4 Å². The Morgan fingerprint density at radius 2 is 1.02 bits per heavy atom. The molecule has 11 nitrogen and oxygen atoms in total. The summed E-state index contributed by atoms with van der Waals surface area (Å²) in [7, 11) is -1.06. The minimum atomic E-state index is -5.15. The number of imidazole rings is 2. The molecule has 2 aromatic heterocycles. The van der Waals surface area contributed by atoms with Gasteiger partial charge in [-0.25, -0.2) is 18.3 Å². The van der Waals surface area contributed by atoms with Crippen molar-refractivity contribution < 1.29 is 41.9 Å². The number of unbranched alkanes of at least 4 members (excludes halogenated alkanes) is 12. The molecule has 1 N–H and O–H groups in total. The van der Waals surface area contributed by atoms with Gasteiger partial charge in [0.15, 0.2) is 0 Å². The molecule has 1 atom stereocenters. The number of aliphatic carboxylic acids is 2. The molecular weight excluding hydrogens is 632 g/mol. The molecule has 2 rings (SSSR count). The highest BCUT2D eigenvalue weighted by molar-refractivity contribution is 7.87. The Hall–Kier alpha value is -2.73. The van der Waals surface area contributed by atoms with Gasteiger partial charge in [0.2, 0.25) is 12.7 Å². The largest absolute Gasteiger partial charge is 0.549 e. The Kier molecular flexibility index (Phi) is 24.7. The van der Waals surface area contributed by atoms with E-state index < -0.39 is 32.7 Å². The predicted octanol–water partition coefficient (Wildman–Crippen LogP) is 4.46. The van der Waals surface area contributed by atoms with Crippen LogP contribution >= 0.6 is 0 Å². The molecule has 0 amide bonds. The SMILES string of the molecule is CCCCCCCCC(CCCCCCCC)(C(=O)[O-])C(C(=O)[O-])S(=O)(=O)O.CCCC[n+]1ccn(C)c1.CCCC[n+]1ccn(C)c1. The van der Waals surface area contributed by atoms with E-state index in [-0.39, 0.29) is 12.8 Å². The Labute approximate surface area is 291 Å². The maximum Gasteiger partial charge on any atom is 0.274 e. The van der Waals surface area contributed by atoms with Crippen LogP contribution in [0.1, 0.15) is 143 Å². The maximum atomic E-state index is 12.0. The first-order chi connectivity index (χ1) is 22.8. The van der Waals surface area contributed by atoms with Crippen LogP contribution in [0.2, 0.25) is 0 Å². The van der Waals surface area contributed by atoms with Crippen molar-refractivity contribution >= 4 is 22.1 Å². The number of aromatic nitrogens is 4. The van der Waals surface area contributed by atoms with E-state index in [2.05, 4.69) is 83.4 Å². The lowest BCUT2D eigenvalue weighted by molar-refractivity contribution is -0.696. The molecule has 0 bridgehead atoms. The molecule has 12 heteroatoms. The Bertz CT molecular complexity index is 1170. The molecule has 0 saturated heterocycles. The van der Waals surface area contributed by atoms with E-state index in [9.17, 15) is 32.8 Å². The van der Waals surface area contributed by atoms with Crippen molar-refractivity contribution in [2.75, 3.05) is 0 Å². The predicted molar refractivity (Wildman–Crippen MR) is 185 cm³/mol. The number of carboxylic acids is 2. The summed E-state index contributed by atoms with van der Waals surface area (Å²) < 4.78 is 41.4. The molecular formula is C36H66N4O7S. The van der Waals surface area contributed by atoms with Gasteiger partial charge in [-0.2, -0.15) is 8.42 Å². The van der Waals surface area contributed by atoms with Crippen molar-refractivity contribution in [3.63, 3.8) is 0 Å². The molecule has 2 heterocycles. The monoisotopic (exact) mass is 698 g/mol. The van der Waals surface area contributed by atoms with Crippen LogP contribution in [0.25, 0.3) is 0 Å². The molecule has 0 aliphatic rings. The molecule has 0 spiro atoms. The van der Waals surface area contributed by atoms with E-state index in [1.54, 1.807) is 0 Å². The van der Waals surface area contributed by atoms with E-state index >= 15 is 0 Å². The third-order valence-electron chi connectivity index (χ3n) is 8.56. The van der Waals surface area contributed by atoms with Crippen LogP contribution < -0.4 is 19.3 Å². The first-order valence-electron chi connectivity index (χ1n) is 18.2. The average molecular weight is 699 g/mol. The van der Waals surface area contributed by atoms with Gasteiger partial charge in [-0.15, -0.1) is 0 Å². The van der Waals surface area contributed by atoms with Gasteiger partial charge in [-0.05, 0) is 25.7 Å². The molecule has 0 aliphatic heterocycles. The first kappa shape index (κ1) is 45.3. The minimum Gasteiger partial charge on any atom is -0.549 e. The van der Waals surface area contributed by atoms with Crippen molar-refractivity contribution in [3.8, 4) is 0 Å². The minimum absolute atomic E-state index is 0.172. The number of rotatable bonds is 24. The first-order valence-corrected chi connectivity index (χ1v) is 19.7. The Morgan fingerprint density at radius 1 is 0.667 bits per heavy atom. The maximum absolute atomic E-state index is 12.0. The van der Waals surface area contributed by atoms with Gasteiger partial charge in [-0.3, -0.25) is 4.55 Å². The second kappa shape index (κ2) is 26.2. The van der Waals surface area contributed by atoms with Crippen LogP contribution in [-0.4, -0.2) is 39.3 Å². The molecule has 48 heavy (non-hydrogen) atoms. The normalized spacial score (nSPS) is 12.1. The molecule has 2 aromatic rings. The van der Waals surface area contributed by atoms with Gasteiger partial charge in [0.1, 0.15) is 30.0 Å². The van der Waals surface area contributed by atoms with Crippen molar-refractivity contribution in [1.29, 1.82) is 0 Å². The number of carbonyl (C=O) groups is 2. The van der Waals surface area contributed by atoms with Crippen LogP contribution in [0.15, 0.2) is 37.4 Å². The van der Waals surface area contributed by atoms with Gasteiger partial charge in [0.05, 0.1) is 33.2 Å². The van der Waals surface area contributed by atoms with Crippen LogP contribution in [-0.2, 0) is 46.9 Å². The van der Waals surface area contributed by atoms with Crippen LogP contribution in [0.5, 0.6) is 0 Å². The van der Waals surface area contributed by atoms with Crippen LogP contribution in [0.3, 0.4) is 0 Å². The number of carbonyl (C=O) groups excluding carboxylic acids is 2. The van der Waals surface area contributed by atoms with Gasteiger partial charge in [0.25, 0.3) is 10.1 Å². The molecule has 278 valence electrons. The number of aryl methyl sites for hydroxylation is 4. The quantitative estimate of drug-likeness (QED) is 0.0966. The second-order valence-corrected chi connectivity index (χ2v) is 14.5. The summed E-state index contributed by atoms with van der Waals surface area (Å²) in [5.41, 5.74) is -2.18. The summed E-state index contributed by atoms with van der Waals surface area (Å²) >= 11 is 0. The summed E-state index contributed by atoms with van der Waals surface area (Å²) in [6, 6.07) is 0. The van der Waals surface area contributed by atoms with E-state index in [0.717, 1.165) is 64.5 Å². The lowest BCUT2D eigenvalue weighted by Gasteiger charge is -2.40. The van der Waals surface area contributed by atoms with E-state index in [0.29, 0.717) is 25.7 Å². The molecule has 1 unspecified atom stereocenters. The number of hydrogen-bond donors (Lipinski definition) is 1. The summed E-state index contributed by atoms with van der Waals surface area (Å²) in [6.45, 7) is 10.9. The average Bonchev–Trinajstić information content (AvgIpc) is 3.64. The fourth-order valence-corrected chi connectivity index (χ4v) is 6.87. The fourth-order valence-electron chi connectivity index (χ4n) is 5.72. The van der Waals surface area contributed by atoms with Crippen molar-refractivity contribution in [2.45, 2.75) is 162 Å². The molecule has 0 fully saturated rings. The number of nitrogens with zero attached hydrogens (tertiary/aromatic N) is 4. The van der Waals surface area contributed by atoms with E-state index in [4.69, 9.17) is 0 Å². The Morgan fingerprint density at radius 3 is 1.29 bits per heavy atom. The lowest BCUT2D eigenvalue weighted by atomic mass is 9.74. The third-order valence-corrected chi connectivity index (χ3v) is 9.80. The zero-order valence-corrected chi connectivity index (χ0v) is 31.6.